The van der Waals surface area contributed by atoms with Crippen LogP contribution in [-0.4, -0.2) is 47.3 Å². The van der Waals surface area contributed by atoms with Crippen molar-refractivity contribution in [2.24, 2.45) is 11.8 Å². The Bertz CT molecular complexity index is 801. The Hall–Kier alpha value is -1.63. The van der Waals surface area contributed by atoms with Crippen LogP contribution in [0.25, 0.3) is 10.6 Å². The van der Waals surface area contributed by atoms with E-state index in [4.69, 9.17) is 9.15 Å². The van der Waals surface area contributed by atoms with E-state index >= 15 is 0 Å². The van der Waals surface area contributed by atoms with Gasteiger partial charge in [0.05, 0.1) is 23.1 Å². The molecule has 0 saturated carbocycles. The van der Waals surface area contributed by atoms with Gasteiger partial charge < -0.3 is 19.2 Å². The second kappa shape index (κ2) is 6.22. The van der Waals surface area contributed by atoms with E-state index in [2.05, 4.69) is 0 Å². The van der Waals surface area contributed by atoms with Gasteiger partial charge in [0.25, 0.3) is 0 Å². The van der Waals surface area contributed by atoms with Gasteiger partial charge in [0.15, 0.2) is 0 Å². The third-order valence-corrected chi connectivity index (χ3v) is 7.24. The molecule has 2 bridgehead atoms. The van der Waals surface area contributed by atoms with Gasteiger partial charge in [0.1, 0.15) is 11.5 Å². The highest BCUT2D eigenvalue weighted by atomic mass is 32.1. The van der Waals surface area contributed by atoms with Crippen LogP contribution in [0.5, 0.6) is 0 Å². The normalized spacial score (nSPS) is 32.3. The molecule has 4 atom stereocenters. The van der Waals surface area contributed by atoms with E-state index in [-0.39, 0.29) is 30.1 Å². The maximum absolute atomic E-state index is 12.7. The first-order chi connectivity index (χ1) is 12.7. The number of likely N-dealkylation sites (tertiary alicyclic amines) is 1. The number of amides is 1. The van der Waals surface area contributed by atoms with Crippen molar-refractivity contribution in [1.82, 2.24) is 4.90 Å². The van der Waals surface area contributed by atoms with Crippen LogP contribution in [0.2, 0.25) is 0 Å². The molecular weight excluding hydrogens is 350 g/mol. The summed E-state index contributed by atoms with van der Waals surface area (Å²) in [5.41, 5.74) is -0.190. The molecule has 2 aromatic heterocycles. The fourth-order valence-electron chi connectivity index (χ4n) is 5.08. The standard InChI is InChI=1S/C20H23NO4S/c22-11-14-15-10-21(12-20(15)8-7-16(14)25-20)19(23)6-4-13-3-5-17(24-13)18-2-1-9-26-18/h1-3,5,9,14-16,22H,4,6-8,10-12H2/t14-,15+,16+,20+/m0/s1. The second-order valence-electron chi connectivity index (χ2n) is 7.73. The largest absolute Gasteiger partial charge is 0.460 e. The fourth-order valence-corrected chi connectivity index (χ4v) is 5.76. The smallest absolute Gasteiger partial charge is 0.223 e. The minimum atomic E-state index is -0.190. The highest BCUT2D eigenvalue weighted by Crippen LogP contribution is 2.54. The monoisotopic (exact) mass is 373 g/mol. The number of fused-ring (bicyclic) bond motifs is 1. The van der Waals surface area contributed by atoms with Crippen molar-refractivity contribution >= 4 is 17.2 Å². The Kier molecular flexibility index (Phi) is 3.95. The van der Waals surface area contributed by atoms with Crippen LogP contribution < -0.4 is 0 Å². The minimum Gasteiger partial charge on any atom is -0.460 e. The molecule has 5 rings (SSSR count). The molecule has 0 unspecified atom stereocenters. The van der Waals surface area contributed by atoms with E-state index in [0.29, 0.717) is 25.3 Å². The third-order valence-electron chi connectivity index (χ3n) is 6.36. The summed E-state index contributed by atoms with van der Waals surface area (Å²) in [6, 6.07) is 7.98. The Morgan fingerprint density at radius 3 is 3.12 bits per heavy atom. The lowest BCUT2D eigenvalue weighted by Gasteiger charge is -2.27. The first-order valence-corrected chi connectivity index (χ1v) is 10.3. The second-order valence-corrected chi connectivity index (χ2v) is 8.68. The summed E-state index contributed by atoms with van der Waals surface area (Å²) in [5, 5.41) is 11.7. The molecule has 3 fully saturated rings. The van der Waals surface area contributed by atoms with E-state index in [1.807, 2.05) is 34.5 Å². The van der Waals surface area contributed by atoms with Crippen molar-refractivity contribution in [3.63, 3.8) is 0 Å². The summed E-state index contributed by atoms with van der Waals surface area (Å²) in [6.45, 7) is 1.57. The summed E-state index contributed by atoms with van der Waals surface area (Å²) in [5.74, 6) is 2.37. The molecule has 26 heavy (non-hydrogen) atoms. The molecule has 3 aliphatic heterocycles. The van der Waals surface area contributed by atoms with E-state index in [1.165, 1.54) is 0 Å². The zero-order valence-electron chi connectivity index (χ0n) is 14.6. The van der Waals surface area contributed by atoms with Gasteiger partial charge in [-0.2, -0.15) is 0 Å². The van der Waals surface area contributed by atoms with Crippen LogP contribution in [0.1, 0.15) is 25.0 Å². The van der Waals surface area contributed by atoms with Gasteiger partial charge in [-0.25, -0.2) is 0 Å². The number of carbonyl (C=O) groups excluding carboxylic acids is 1. The van der Waals surface area contributed by atoms with Crippen LogP contribution in [0.15, 0.2) is 34.1 Å². The first-order valence-electron chi connectivity index (χ1n) is 9.37. The van der Waals surface area contributed by atoms with Gasteiger partial charge in [0.2, 0.25) is 5.91 Å². The fraction of sp³-hybridized carbons (Fsp3) is 0.550. The lowest BCUT2D eigenvalue weighted by atomic mass is 9.74. The van der Waals surface area contributed by atoms with Gasteiger partial charge >= 0.3 is 0 Å². The van der Waals surface area contributed by atoms with Crippen LogP contribution in [-0.2, 0) is 16.0 Å². The summed E-state index contributed by atoms with van der Waals surface area (Å²) < 4.78 is 12.1. The molecule has 1 N–H and O–H groups in total. The minimum absolute atomic E-state index is 0.159. The van der Waals surface area contributed by atoms with E-state index in [9.17, 15) is 9.90 Å². The molecule has 138 valence electrons. The predicted octanol–water partition coefficient (Wildman–Crippen LogP) is 2.94. The van der Waals surface area contributed by atoms with E-state index in [1.54, 1.807) is 11.3 Å². The molecule has 3 aliphatic rings. The quantitative estimate of drug-likeness (QED) is 0.875. The van der Waals surface area contributed by atoms with Crippen molar-refractivity contribution < 1.29 is 19.1 Å². The molecule has 0 radical (unpaired) electrons. The van der Waals surface area contributed by atoms with Gasteiger partial charge in [-0.3, -0.25) is 4.79 Å². The van der Waals surface area contributed by atoms with E-state index in [0.717, 1.165) is 35.8 Å². The van der Waals surface area contributed by atoms with Crippen molar-refractivity contribution in [3.05, 3.63) is 35.4 Å². The Labute approximate surface area is 156 Å². The molecule has 1 spiro atoms. The highest BCUT2D eigenvalue weighted by Gasteiger charge is 2.63. The molecule has 5 heterocycles. The number of furan rings is 1. The zero-order valence-corrected chi connectivity index (χ0v) is 15.4. The molecule has 3 saturated heterocycles. The molecule has 5 nitrogen and oxygen atoms in total. The van der Waals surface area contributed by atoms with Crippen molar-refractivity contribution in [3.8, 4) is 10.6 Å². The molecule has 0 aromatic carbocycles. The number of aryl methyl sites for hydroxylation is 1. The third kappa shape index (κ3) is 2.54. The Balaban J connectivity index is 1.21. The number of thiophene rings is 1. The van der Waals surface area contributed by atoms with Crippen LogP contribution in [0.3, 0.4) is 0 Å². The summed E-state index contributed by atoms with van der Waals surface area (Å²) in [4.78, 5) is 15.8. The molecule has 1 amide bonds. The number of ether oxygens (including phenoxy) is 1. The van der Waals surface area contributed by atoms with Crippen molar-refractivity contribution in [2.75, 3.05) is 19.7 Å². The summed E-state index contributed by atoms with van der Waals surface area (Å²) in [6.07, 6.45) is 3.30. The SMILES string of the molecule is O=C(CCc1ccc(-c2cccs2)o1)N1C[C@@H]2[C@H](CO)[C@H]3CC[C@]2(C1)O3. The maximum Gasteiger partial charge on any atom is 0.223 e. The van der Waals surface area contributed by atoms with Gasteiger partial charge in [-0.1, -0.05) is 6.07 Å². The lowest BCUT2D eigenvalue weighted by molar-refractivity contribution is -0.131. The highest BCUT2D eigenvalue weighted by molar-refractivity contribution is 7.13. The van der Waals surface area contributed by atoms with Crippen LogP contribution >= 0.6 is 11.3 Å². The Morgan fingerprint density at radius 2 is 2.31 bits per heavy atom. The topological polar surface area (TPSA) is 62.9 Å². The van der Waals surface area contributed by atoms with Crippen LogP contribution in [0.4, 0.5) is 0 Å². The van der Waals surface area contributed by atoms with Crippen molar-refractivity contribution in [2.45, 2.75) is 37.4 Å². The maximum atomic E-state index is 12.7. The number of aliphatic hydroxyl groups is 1. The average molecular weight is 373 g/mol. The molecular formula is C20H23NO4S. The van der Waals surface area contributed by atoms with Gasteiger partial charge in [-0.05, 0) is 36.4 Å². The lowest BCUT2D eigenvalue weighted by Crippen LogP contribution is -2.38. The average Bonchev–Trinajstić information content (AvgIpc) is 3.44. The number of rotatable bonds is 5. The molecule has 0 aliphatic carbocycles. The Morgan fingerprint density at radius 1 is 1.38 bits per heavy atom. The summed E-state index contributed by atoms with van der Waals surface area (Å²) >= 11 is 1.65. The van der Waals surface area contributed by atoms with Crippen LogP contribution in [0, 0.1) is 11.8 Å². The number of nitrogens with zero attached hydrogens (tertiary/aromatic N) is 1. The van der Waals surface area contributed by atoms with E-state index < -0.39 is 0 Å². The molecule has 2 aromatic rings. The number of carbonyl (C=O) groups is 1. The number of hydrogen-bond acceptors (Lipinski definition) is 5. The first kappa shape index (κ1) is 16.5. The van der Waals surface area contributed by atoms with Gasteiger partial charge in [0, 0.05) is 37.8 Å². The predicted molar refractivity (Wildman–Crippen MR) is 97.8 cm³/mol. The van der Waals surface area contributed by atoms with Crippen molar-refractivity contribution in [1.29, 1.82) is 0 Å². The zero-order chi connectivity index (χ0) is 17.7. The summed E-state index contributed by atoms with van der Waals surface area (Å²) in [7, 11) is 0. The number of aliphatic hydroxyl groups excluding tert-OH is 1. The number of hydrogen-bond donors (Lipinski definition) is 1. The molecule has 6 heteroatoms. The van der Waals surface area contributed by atoms with Gasteiger partial charge in [-0.15, -0.1) is 11.3 Å².